The zero-order chi connectivity index (χ0) is 18.9. The van der Waals surface area contributed by atoms with Crippen molar-refractivity contribution in [1.29, 1.82) is 0 Å². The molecule has 140 valence electrons. The molecule has 1 aromatic carbocycles. The minimum atomic E-state index is -1.30. The van der Waals surface area contributed by atoms with Gasteiger partial charge in [0.2, 0.25) is 5.79 Å². The summed E-state index contributed by atoms with van der Waals surface area (Å²) in [5.74, 6) is -3.55. The molecule has 0 N–H and O–H groups in total. The van der Waals surface area contributed by atoms with Crippen LogP contribution >= 0.6 is 0 Å². The smallest absolute Gasteiger partial charge is 0.314 e. The van der Waals surface area contributed by atoms with Crippen molar-refractivity contribution in [2.75, 3.05) is 13.2 Å². The normalized spacial score (nSPS) is 32.4. The second-order valence-electron chi connectivity index (χ2n) is 6.73. The molecule has 6 nitrogen and oxygen atoms in total. The largest absolute Gasteiger partial charge is 0.466 e. The molecular weight excluding hydrogens is 334 g/mol. The van der Waals surface area contributed by atoms with E-state index >= 15 is 0 Å². The predicted molar refractivity (Wildman–Crippen MR) is 95.7 cm³/mol. The minimum absolute atomic E-state index is 0.166. The Labute approximate surface area is 153 Å². The molecule has 6 heteroatoms. The van der Waals surface area contributed by atoms with Crippen molar-refractivity contribution in [3.63, 3.8) is 0 Å². The summed E-state index contributed by atoms with van der Waals surface area (Å²) in [4.78, 5) is 30.1. The molecule has 1 fully saturated rings. The lowest BCUT2D eigenvalue weighted by Crippen LogP contribution is -2.52. The summed E-state index contributed by atoms with van der Waals surface area (Å²) < 4.78 is 17.5. The van der Waals surface area contributed by atoms with Crippen LogP contribution in [0.5, 0.6) is 0 Å². The lowest BCUT2D eigenvalue weighted by atomic mass is 9.74. The van der Waals surface area contributed by atoms with Crippen molar-refractivity contribution >= 4 is 17.5 Å². The molecule has 0 aromatic heterocycles. The molecule has 3 rings (SSSR count). The van der Waals surface area contributed by atoms with Crippen LogP contribution in [0.3, 0.4) is 0 Å². The van der Waals surface area contributed by atoms with Gasteiger partial charge in [0.15, 0.2) is 5.72 Å². The van der Waals surface area contributed by atoms with E-state index in [1.54, 1.807) is 13.8 Å². The first-order chi connectivity index (χ1) is 12.4. The van der Waals surface area contributed by atoms with E-state index in [-0.39, 0.29) is 12.4 Å². The van der Waals surface area contributed by atoms with Gasteiger partial charge in [0.25, 0.3) is 0 Å². The molecule has 0 amide bonds. The van der Waals surface area contributed by atoms with E-state index in [2.05, 4.69) is 0 Å². The molecule has 0 aliphatic carbocycles. The Morgan fingerprint density at radius 2 is 1.85 bits per heavy atom. The quantitative estimate of drug-likeness (QED) is 0.700. The number of fused-ring (bicyclic) bond motifs is 2. The van der Waals surface area contributed by atoms with E-state index in [1.807, 2.05) is 37.3 Å². The van der Waals surface area contributed by atoms with Gasteiger partial charge >= 0.3 is 5.97 Å². The van der Waals surface area contributed by atoms with Gasteiger partial charge in [-0.1, -0.05) is 30.3 Å². The van der Waals surface area contributed by atoms with Crippen LogP contribution in [-0.2, 0) is 30.2 Å². The first-order valence-corrected chi connectivity index (χ1v) is 9.02. The van der Waals surface area contributed by atoms with Crippen LogP contribution in [0.4, 0.5) is 0 Å². The monoisotopic (exact) mass is 359 g/mol. The second-order valence-corrected chi connectivity index (χ2v) is 6.73. The van der Waals surface area contributed by atoms with E-state index in [4.69, 9.17) is 19.2 Å². The van der Waals surface area contributed by atoms with E-state index in [9.17, 15) is 9.59 Å². The van der Waals surface area contributed by atoms with Gasteiger partial charge in [-0.25, -0.2) is 0 Å². The maximum Gasteiger partial charge on any atom is 0.314 e. The molecule has 0 radical (unpaired) electrons. The highest BCUT2D eigenvalue weighted by atomic mass is 16.7. The Kier molecular flexibility index (Phi) is 4.99. The SMILES string of the molecule is CCOC(=O)C1C(C(C)=O)C2(OCC)OC1(Cc1ccccc1)N=C2C. The number of esters is 1. The Morgan fingerprint density at radius 3 is 2.42 bits per heavy atom. The number of ketones is 1. The number of nitrogens with zero attached hydrogens (tertiary/aromatic N) is 1. The van der Waals surface area contributed by atoms with Crippen molar-refractivity contribution < 1.29 is 23.8 Å². The summed E-state index contributed by atoms with van der Waals surface area (Å²) in [5.41, 5.74) is 0.370. The van der Waals surface area contributed by atoms with Gasteiger partial charge in [-0.2, -0.15) is 0 Å². The lowest BCUT2D eigenvalue weighted by molar-refractivity contribution is -0.203. The number of carbonyl (C=O) groups is 2. The first-order valence-electron chi connectivity index (χ1n) is 9.02. The lowest BCUT2D eigenvalue weighted by Gasteiger charge is -2.34. The van der Waals surface area contributed by atoms with E-state index in [0.717, 1.165) is 5.56 Å². The Hall–Kier alpha value is -2.05. The minimum Gasteiger partial charge on any atom is -0.466 e. The van der Waals surface area contributed by atoms with Gasteiger partial charge in [-0.15, -0.1) is 0 Å². The number of rotatable bonds is 7. The van der Waals surface area contributed by atoms with Crippen molar-refractivity contribution in [2.24, 2.45) is 16.8 Å². The Bertz CT molecular complexity index is 731. The zero-order valence-electron chi connectivity index (χ0n) is 15.7. The number of hydrogen-bond acceptors (Lipinski definition) is 6. The van der Waals surface area contributed by atoms with Gasteiger partial charge in [0, 0.05) is 13.0 Å². The summed E-state index contributed by atoms with van der Waals surface area (Å²) in [6, 6.07) is 9.67. The van der Waals surface area contributed by atoms with Crippen LogP contribution in [0.15, 0.2) is 35.3 Å². The molecule has 1 aromatic rings. The fourth-order valence-electron chi connectivity index (χ4n) is 4.19. The molecule has 2 heterocycles. The third kappa shape index (κ3) is 2.77. The molecule has 4 unspecified atom stereocenters. The Balaban J connectivity index is 2.11. The zero-order valence-corrected chi connectivity index (χ0v) is 15.7. The third-order valence-electron chi connectivity index (χ3n) is 5.06. The van der Waals surface area contributed by atoms with E-state index < -0.39 is 29.3 Å². The van der Waals surface area contributed by atoms with Crippen LogP contribution in [0.25, 0.3) is 0 Å². The van der Waals surface area contributed by atoms with E-state index in [1.165, 1.54) is 6.92 Å². The fourth-order valence-corrected chi connectivity index (χ4v) is 4.19. The van der Waals surface area contributed by atoms with Crippen molar-refractivity contribution in [1.82, 2.24) is 0 Å². The highest BCUT2D eigenvalue weighted by Gasteiger charge is 2.73. The second kappa shape index (κ2) is 6.93. The number of ether oxygens (including phenoxy) is 3. The van der Waals surface area contributed by atoms with Crippen molar-refractivity contribution in [2.45, 2.75) is 45.6 Å². The molecule has 4 atom stereocenters. The molecule has 2 bridgehead atoms. The van der Waals surface area contributed by atoms with Crippen LogP contribution < -0.4 is 0 Å². The Morgan fingerprint density at radius 1 is 1.15 bits per heavy atom. The van der Waals surface area contributed by atoms with Gasteiger partial charge in [0.1, 0.15) is 11.7 Å². The summed E-state index contributed by atoms with van der Waals surface area (Å²) in [6.07, 6.45) is 0.368. The highest BCUT2D eigenvalue weighted by Crippen LogP contribution is 2.56. The van der Waals surface area contributed by atoms with Crippen LogP contribution in [-0.4, -0.2) is 42.2 Å². The standard InChI is InChI=1S/C20H25NO5/c1-5-24-18(23)17-16(13(3)22)20(25-6-2)14(4)21-19(17,26-20)12-15-10-8-7-9-11-15/h7-11,16-17H,5-6,12H2,1-4H3. The molecule has 0 spiro atoms. The van der Waals surface area contributed by atoms with Gasteiger partial charge in [-0.05, 0) is 33.3 Å². The van der Waals surface area contributed by atoms with Crippen molar-refractivity contribution in [3.8, 4) is 0 Å². The van der Waals surface area contributed by atoms with Crippen LogP contribution in [0, 0.1) is 11.8 Å². The first kappa shape index (κ1) is 18.7. The maximum atomic E-state index is 12.8. The molecule has 0 saturated carbocycles. The van der Waals surface area contributed by atoms with E-state index in [0.29, 0.717) is 18.7 Å². The molecule has 1 saturated heterocycles. The number of aliphatic imine (C=N–C) groups is 1. The predicted octanol–water partition coefficient (Wildman–Crippen LogP) is 2.55. The molecular formula is C20H25NO5. The topological polar surface area (TPSA) is 74.2 Å². The average Bonchev–Trinajstić information content (AvgIpc) is 3.02. The van der Waals surface area contributed by atoms with Gasteiger partial charge < -0.3 is 14.2 Å². The number of hydrogen-bond donors (Lipinski definition) is 0. The average molecular weight is 359 g/mol. The molecule has 2 aliphatic rings. The highest BCUT2D eigenvalue weighted by molar-refractivity contribution is 6.01. The summed E-state index contributed by atoms with van der Waals surface area (Å²) in [6.45, 7) is 7.40. The summed E-state index contributed by atoms with van der Waals surface area (Å²) in [7, 11) is 0. The summed E-state index contributed by atoms with van der Waals surface area (Å²) >= 11 is 0. The van der Waals surface area contributed by atoms with Crippen LogP contribution in [0.2, 0.25) is 0 Å². The number of Topliss-reactive ketones (excluding diaryl/α,β-unsaturated/α-hetero) is 1. The van der Waals surface area contributed by atoms with Gasteiger partial charge in [0.05, 0.1) is 18.2 Å². The fraction of sp³-hybridized carbons (Fsp3) is 0.550. The van der Waals surface area contributed by atoms with Crippen molar-refractivity contribution in [3.05, 3.63) is 35.9 Å². The summed E-state index contributed by atoms with van der Waals surface area (Å²) in [5, 5.41) is 0. The third-order valence-corrected chi connectivity index (χ3v) is 5.06. The molecule has 2 aliphatic heterocycles. The number of carbonyl (C=O) groups excluding carboxylic acids is 2. The molecule has 26 heavy (non-hydrogen) atoms. The number of benzene rings is 1. The maximum absolute atomic E-state index is 12.8. The van der Waals surface area contributed by atoms with Crippen LogP contribution in [0.1, 0.15) is 33.3 Å². The van der Waals surface area contributed by atoms with Gasteiger partial charge in [-0.3, -0.25) is 14.6 Å².